The molecular formula is C20H31NO3. The van der Waals surface area contributed by atoms with Crippen LogP contribution in [0.1, 0.15) is 40.2 Å². The van der Waals surface area contributed by atoms with Gasteiger partial charge in [-0.25, -0.2) is 4.79 Å². The summed E-state index contributed by atoms with van der Waals surface area (Å²) >= 11 is 0. The summed E-state index contributed by atoms with van der Waals surface area (Å²) in [5.41, 5.74) is 1.85. The van der Waals surface area contributed by atoms with Crippen LogP contribution >= 0.6 is 0 Å². The molecule has 4 nitrogen and oxygen atoms in total. The maximum atomic E-state index is 11.7. The maximum absolute atomic E-state index is 11.7. The Morgan fingerprint density at radius 2 is 1.79 bits per heavy atom. The van der Waals surface area contributed by atoms with Gasteiger partial charge in [-0.1, -0.05) is 48.9 Å². The van der Waals surface area contributed by atoms with E-state index in [-0.39, 0.29) is 5.41 Å². The highest BCUT2D eigenvalue weighted by Gasteiger charge is 2.26. The van der Waals surface area contributed by atoms with Crippen molar-refractivity contribution in [1.82, 2.24) is 5.32 Å². The molecule has 1 aromatic rings. The highest BCUT2D eigenvalue weighted by atomic mass is 16.6. The van der Waals surface area contributed by atoms with E-state index >= 15 is 0 Å². The number of hydrogen-bond donors (Lipinski definition) is 1. The first kappa shape index (κ1) is 20.2. The second kappa shape index (κ2) is 8.88. The Bertz CT molecular complexity index is 546. The second-order valence-corrected chi connectivity index (χ2v) is 7.43. The van der Waals surface area contributed by atoms with Crippen LogP contribution < -0.4 is 5.32 Å². The molecule has 0 aliphatic rings. The maximum Gasteiger partial charge on any atom is 0.407 e. The normalized spacial score (nSPS) is 14.8. The molecule has 0 saturated heterocycles. The highest BCUT2D eigenvalue weighted by Crippen LogP contribution is 2.31. The van der Waals surface area contributed by atoms with E-state index in [0.717, 1.165) is 6.42 Å². The molecule has 0 radical (unpaired) electrons. The van der Waals surface area contributed by atoms with Crippen LogP contribution in [-0.2, 0) is 15.9 Å². The van der Waals surface area contributed by atoms with Gasteiger partial charge in [0.2, 0.25) is 0 Å². The first-order valence-corrected chi connectivity index (χ1v) is 8.33. The minimum absolute atomic E-state index is 0.119. The van der Waals surface area contributed by atoms with Crippen LogP contribution in [0.2, 0.25) is 0 Å². The van der Waals surface area contributed by atoms with Gasteiger partial charge < -0.3 is 14.8 Å². The molecule has 4 heteroatoms. The Morgan fingerprint density at radius 1 is 1.17 bits per heavy atom. The van der Waals surface area contributed by atoms with Crippen molar-refractivity contribution in [2.24, 2.45) is 5.41 Å². The fraction of sp³-hybridized carbons (Fsp3) is 0.550. The van der Waals surface area contributed by atoms with Crippen molar-refractivity contribution in [3.63, 3.8) is 0 Å². The van der Waals surface area contributed by atoms with Crippen molar-refractivity contribution in [2.45, 2.75) is 46.6 Å². The van der Waals surface area contributed by atoms with Gasteiger partial charge in [0.05, 0.1) is 6.61 Å². The van der Waals surface area contributed by atoms with Crippen LogP contribution in [0, 0.1) is 5.41 Å². The zero-order valence-electron chi connectivity index (χ0n) is 15.8. The van der Waals surface area contributed by atoms with Crippen molar-refractivity contribution in [1.29, 1.82) is 0 Å². The summed E-state index contributed by atoms with van der Waals surface area (Å²) in [6.45, 7) is 10.9. The largest absolute Gasteiger partial charge is 0.444 e. The number of rotatable bonds is 7. The Morgan fingerprint density at radius 3 is 2.33 bits per heavy atom. The van der Waals surface area contributed by atoms with E-state index in [1.807, 2.05) is 45.0 Å². The molecular weight excluding hydrogens is 302 g/mol. The van der Waals surface area contributed by atoms with Gasteiger partial charge in [0.25, 0.3) is 0 Å². The molecule has 24 heavy (non-hydrogen) atoms. The van der Waals surface area contributed by atoms with E-state index in [2.05, 4.69) is 31.3 Å². The van der Waals surface area contributed by atoms with Crippen molar-refractivity contribution in [2.75, 3.05) is 20.3 Å². The minimum atomic E-state index is -0.485. The fourth-order valence-electron chi connectivity index (χ4n) is 2.52. The van der Waals surface area contributed by atoms with E-state index in [1.54, 1.807) is 7.11 Å². The Balaban J connectivity index is 2.71. The smallest absolute Gasteiger partial charge is 0.407 e. The number of carbonyl (C=O) groups excluding carboxylic acids is 1. The van der Waals surface area contributed by atoms with Gasteiger partial charge in [-0.05, 0) is 39.7 Å². The van der Waals surface area contributed by atoms with Crippen LogP contribution in [0.5, 0.6) is 0 Å². The third-order valence-corrected chi connectivity index (χ3v) is 3.91. The van der Waals surface area contributed by atoms with Crippen LogP contribution in [-0.4, -0.2) is 32.0 Å². The number of benzene rings is 1. The lowest BCUT2D eigenvalue weighted by Crippen LogP contribution is -2.33. The van der Waals surface area contributed by atoms with Crippen LogP contribution in [0.25, 0.3) is 0 Å². The first-order valence-electron chi connectivity index (χ1n) is 8.33. The summed E-state index contributed by atoms with van der Waals surface area (Å²) in [6, 6.07) is 10.4. The summed E-state index contributed by atoms with van der Waals surface area (Å²) in [5.74, 6) is 0. The van der Waals surface area contributed by atoms with Gasteiger partial charge in [0.15, 0.2) is 0 Å². The first-order chi connectivity index (χ1) is 11.2. The molecule has 0 aliphatic heterocycles. The average molecular weight is 333 g/mol. The van der Waals surface area contributed by atoms with E-state index in [0.29, 0.717) is 13.2 Å². The van der Waals surface area contributed by atoms with Crippen molar-refractivity contribution < 1.29 is 14.3 Å². The quantitative estimate of drug-likeness (QED) is 0.755. The van der Waals surface area contributed by atoms with Crippen LogP contribution in [0.3, 0.4) is 0 Å². The zero-order chi connectivity index (χ0) is 18.2. The minimum Gasteiger partial charge on any atom is -0.444 e. The Hall–Kier alpha value is -1.81. The standard InChI is InChI=1S/C20H31NO3/c1-16(12-13-21-18(22)24-19(2,3)4)20(5,15-23-6)14-17-10-8-7-9-11-17/h7-12H,13-15H2,1-6H3,(H,21,22)/b16-12+/t20-/m0/s1. The van der Waals surface area contributed by atoms with E-state index < -0.39 is 11.7 Å². The van der Waals surface area contributed by atoms with Crippen molar-refractivity contribution >= 4 is 6.09 Å². The lowest BCUT2D eigenvalue weighted by Gasteiger charge is -2.30. The Labute approximate surface area is 146 Å². The third kappa shape index (κ3) is 7.18. The molecule has 1 amide bonds. The number of ether oxygens (including phenoxy) is 2. The number of amides is 1. The summed E-state index contributed by atoms with van der Waals surface area (Å²) in [7, 11) is 1.72. The summed E-state index contributed by atoms with van der Waals surface area (Å²) in [4.78, 5) is 11.7. The van der Waals surface area contributed by atoms with Gasteiger partial charge in [0, 0.05) is 19.1 Å². The van der Waals surface area contributed by atoms with Gasteiger partial charge in [0.1, 0.15) is 5.60 Å². The van der Waals surface area contributed by atoms with Gasteiger partial charge >= 0.3 is 6.09 Å². The number of methoxy groups -OCH3 is 1. The molecule has 0 unspecified atom stereocenters. The molecule has 134 valence electrons. The van der Waals surface area contributed by atoms with Gasteiger partial charge in [-0.2, -0.15) is 0 Å². The average Bonchev–Trinajstić information content (AvgIpc) is 2.46. The van der Waals surface area contributed by atoms with Crippen molar-refractivity contribution in [3.8, 4) is 0 Å². The lowest BCUT2D eigenvalue weighted by atomic mass is 9.78. The topological polar surface area (TPSA) is 47.6 Å². The molecule has 1 N–H and O–H groups in total. The molecule has 0 spiro atoms. The van der Waals surface area contributed by atoms with E-state index in [1.165, 1.54) is 11.1 Å². The molecule has 0 fully saturated rings. The molecule has 0 saturated carbocycles. The monoisotopic (exact) mass is 333 g/mol. The molecule has 0 bridgehead atoms. The van der Waals surface area contributed by atoms with Gasteiger partial charge in [-0.15, -0.1) is 0 Å². The van der Waals surface area contributed by atoms with Crippen LogP contribution in [0.15, 0.2) is 42.0 Å². The molecule has 1 atom stereocenters. The SMILES string of the molecule is COC[C@](C)(Cc1ccccc1)/C(C)=C/CNC(=O)OC(C)(C)C. The molecule has 0 aliphatic carbocycles. The van der Waals surface area contributed by atoms with Crippen LogP contribution in [0.4, 0.5) is 4.79 Å². The predicted molar refractivity (Wildman–Crippen MR) is 98.1 cm³/mol. The lowest BCUT2D eigenvalue weighted by molar-refractivity contribution is 0.0533. The van der Waals surface area contributed by atoms with Crippen molar-refractivity contribution in [3.05, 3.63) is 47.5 Å². The predicted octanol–water partition coefficient (Wildman–Crippen LogP) is 4.35. The molecule has 1 rings (SSSR count). The second-order valence-electron chi connectivity index (χ2n) is 7.43. The molecule has 0 aromatic heterocycles. The fourth-order valence-corrected chi connectivity index (χ4v) is 2.52. The molecule has 0 heterocycles. The zero-order valence-corrected chi connectivity index (χ0v) is 15.8. The number of alkyl carbamates (subject to hydrolysis) is 1. The molecule has 1 aromatic carbocycles. The summed E-state index contributed by atoms with van der Waals surface area (Å²) < 4.78 is 10.7. The number of carbonyl (C=O) groups is 1. The van der Waals surface area contributed by atoms with E-state index in [4.69, 9.17) is 9.47 Å². The van der Waals surface area contributed by atoms with Gasteiger partial charge in [-0.3, -0.25) is 0 Å². The Kier molecular flexibility index (Phi) is 7.49. The van der Waals surface area contributed by atoms with E-state index in [9.17, 15) is 4.79 Å². The number of nitrogens with one attached hydrogen (secondary N) is 1. The highest BCUT2D eigenvalue weighted by molar-refractivity contribution is 5.67. The summed E-state index contributed by atoms with van der Waals surface area (Å²) in [5, 5.41) is 2.77. The number of hydrogen-bond acceptors (Lipinski definition) is 3. The summed E-state index contributed by atoms with van der Waals surface area (Å²) in [6.07, 6.45) is 2.52. The third-order valence-electron chi connectivity index (χ3n) is 3.91.